The van der Waals surface area contributed by atoms with Crippen LogP contribution < -0.4 is 14.2 Å². The lowest BCUT2D eigenvalue weighted by atomic mass is 9.99. The molecule has 25 heavy (non-hydrogen) atoms. The monoisotopic (exact) mass is 336 g/mol. The lowest BCUT2D eigenvalue weighted by molar-refractivity contribution is 0.1000. The third-order valence-electron chi connectivity index (χ3n) is 4.17. The molecule has 1 aromatic heterocycles. The van der Waals surface area contributed by atoms with E-state index in [1.165, 1.54) is 0 Å². The maximum absolute atomic E-state index is 12.8. The number of fused-ring (bicyclic) bond motifs is 2. The van der Waals surface area contributed by atoms with Gasteiger partial charge in [0.25, 0.3) is 0 Å². The Morgan fingerprint density at radius 3 is 2.76 bits per heavy atom. The first-order valence-electron chi connectivity index (χ1n) is 7.82. The van der Waals surface area contributed by atoms with Crippen LogP contribution >= 0.6 is 0 Å². The van der Waals surface area contributed by atoms with Crippen LogP contribution in [0, 0.1) is 0 Å². The highest BCUT2D eigenvalue weighted by Gasteiger charge is 2.24. The molecule has 2 aromatic carbocycles. The fourth-order valence-electron chi connectivity index (χ4n) is 2.90. The fourth-order valence-corrected chi connectivity index (χ4v) is 2.90. The number of ketones is 1. The molecule has 0 atom stereocenters. The van der Waals surface area contributed by atoms with Gasteiger partial charge in [-0.3, -0.25) is 4.79 Å². The van der Waals surface area contributed by atoms with Gasteiger partial charge >= 0.3 is 0 Å². The number of carbonyl (C=O) groups excluding carboxylic acids is 1. The van der Waals surface area contributed by atoms with E-state index in [2.05, 4.69) is 0 Å². The van der Waals surface area contributed by atoms with Gasteiger partial charge in [-0.05, 0) is 36.4 Å². The third-order valence-corrected chi connectivity index (χ3v) is 4.17. The number of rotatable bonds is 3. The molecular weight excluding hydrogens is 320 g/mol. The molecule has 0 saturated heterocycles. The van der Waals surface area contributed by atoms with Crippen molar-refractivity contribution in [3.05, 3.63) is 59.4 Å². The van der Waals surface area contributed by atoms with E-state index >= 15 is 0 Å². The zero-order chi connectivity index (χ0) is 17.4. The highest BCUT2D eigenvalue weighted by molar-refractivity contribution is 6.14. The number of carbonyl (C=O) groups is 1. The minimum atomic E-state index is -0.0902. The van der Waals surface area contributed by atoms with E-state index < -0.39 is 0 Å². The summed E-state index contributed by atoms with van der Waals surface area (Å²) in [5.41, 5.74) is 1.67. The molecule has 0 bridgehead atoms. The highest BCUT2D eigenvalue weighted by Crippen LogP contribution is 2.33. The Hall–Kier alpha value is -3.21. The maximum Gasteiger partial charge on any atom is 0.196 e. The van der Waals surface area contributed by atoms with Gasteiger partial charge in [0.15, 0.2) is 17.1 Å². The van der Waals surface area contributed by atoms with Crippen LogP contribution in [-0.4, -0.2) is 26.6 Å². The number of methoxy groups -OCH3 is 2. The predicted molar refractivity (Wildman–Crippen MR) is 93.6 cm³/mol. The summed E-state index contributed by atoms with van der Waals surface area (Å²) in [6.07, 6.45) is 1.71. The van der Waals surface area contributed by atoms with Crippen molar-refractivity contribution in [1.29, 1.82) is 0 Å². The molecule has 0 saturated carbocycles. The Morgan fingerprint density at radius 1 is 1.08 bits per heavy atom. The Kier molecular flexibility index (Phi) is 3.69. The smallest absolute Gasteiger partial charge is 0.196 e. The van der Waals surface area contributed by atoms with Crippen LogP contribution in [-0.2, 0) is 0 Å². The molecule has 0 N–H and O–H groups in total. The van der Waals surface area contributed by atoms with Crippen molar-refractivity contribution in [2.24, 2.45) is 0 Å². The molecule has 0 unspecified atom stereocenters. The van der Waals surface area contributed by atoms with E-state index in [1.54, 1.807) is 38.5 Å². The molecule has 0 spiro atoms. The Bertz CT molecular complexity index is 996. The van der Waals surface area contributed by atoms with Crippen LogP contribution in [0.15, 0.2) is 52.5 Å². The van der Waals surface area contributed by atoms with Gasteiger partial charge in [0.05, 0.1) is 19.8 Å². The summed E-state index contributed by atoms with van der Waals surface area (Å²) >= 11 is 0. The van der Waals surface area contributed by atoms with Crippen molar-refractivity contribution in [2.75, 3.05) is 20.8 Å². The molecule has 0 radical (unpaired) electrons. The van der Waals surface area contributed by atoms with Crippen LogP contribution in [0.1, 0.15) is 16.1 Å². The number of ether oxygens (including phenoxy) is 3. The SMILES string of the molecule is COc1ccc2c(c1)C(=O)/C(=C/c1cc3cccc(OC)c3o1)CO2. The zero-order valence-electron chi connectivity index (χ0n) is 13.9. The van der Waals surface area contributed by atoms with Crippen molar-refractivity contribution in [3.8, 4) is 17.2 Å². The van der Waals surface area contributed by atoms with Crippen molar-refractivity contribution < 1.29 is 23.4 Å². The second-order valence-electron chi connectivity index (χ2n) is 5.68. The van der Waals surface area contributed by atoms with Crippen molar-refractivity contribution in [1.82, 2.24) is 0 Å². The lowest BCUT2D eigenvalue weighted by Gasteiger charge is -2.19. The largest absolute Gasteiger partial charge is 0.497 e. The number of benzene rings is 2. The van der Waals surface area contributed by atoms with E-state index in [1.807, 2.05) is 24.3 Å². The Morgan fingerprint density at radius 2 is 1.96 bits per heavy atom. The first-order chi connectivity index (χ1) is 12.2. The summed E-state index contributed by atoms with van der Waals surface area (Å²) in [4.78, 5) is 12.8. The molecule has 0 amide bonds. The molecule has 2 heterocycles. The first-order valence-corrected chi connectivity index (χ1v) is 7.82. The van der Waals surface area contributed by atoms with Crippen LogP contribution in [0.25, 0.3) is 17.0 Å². The Labute approximate surface area is 144 Å². The van der Waals surface area contributed by atoms with Gasteiger partial charge in [0, 0.05) is 11.0 Å². The van der Waals surface area contributed by atoms with Gasteiger partial charge in [-0.1, -0.05) is 12.1 Å². The van der Waals surface area contributed by atoms with E-state index in [4.69, 9.17) is 18.6 Å². The maximum atomic E-state index is 12.8. The van der Waals surface area contributed by atoms with Crippen LogP contribution in [0.2, 0.25) is 0 Å². The molecule has 5 nitrogen and oxygen atoms in total. The molecule has 0 fully saturated rings. The zero-order valence-corrected chi connectivity index (χ0v) is 13.9. The number of hydrogen-bond acceptors (Lipinski definition) is 5. The predicted octanol–water partition coefficient (Wildman–Crippen LogP) is 4.11. The summed E-state index contributed by atoms with van der Waals surface area (Å²) in [6.45, 7) is 0.201. The van der Waals surface area contributed by atoms with E-state index in [-0.39, 0.29) is 12.4 Å². The molecule has 1 aliphatic rings. The topological polar surface area (TPSA) is 57.9 Å². The average molecular weight is 336 g/mol. The van der Waals surface area contributed by atoms with Crippen LogP contribution in [0.3, 0.4) is 0 Å². The van der Waals surface area contributed by atoms with Crippen molar-refractivity contribution in [3.63, 3.8) is 0 Å². The first kappa shape index (κ1) is 15.3. The molecule has 4 rings (SSSR count). The van der Waals surface area contributed by atoms with Crippen molar-refractivity contribution >= 4 is 22.8 Å². The second kappa shape index (κ2) is 6.02. The number of para-hydroxylation sites is 1. The molecule has 5 heteroatoms. The lowest BCUT2D eigenvalue weighted by Crippen LogP contribution is -2.19. The van der Waals surface area contributed by atoms with Crippen LogP contribution in [0.5, 0.6) is 17.2 Å². The van der Waals surface area contributed by atoms with Gasteiger partial charge in [0.1, 0.15) is 23.9 Å². The van der Waals surface area contributed by atoms with Crippen LogP contribution in [0.4, 0.5) is 0 Å². The molecule has 0 aliphatic carbocycles. The molecule has 1 aliphatic heterocycles. The van der Waals surface area contributed by atoms with E-state index in [9.17, 15) is 4.79 Å². The summed E-state index contributed by atoms with van der Waals surface area (Å²) in [5.74, 6) is 2.33. The summed E-state index contributed by atoms with van der Waals surface area (Å²) in [7, 11) is 3.16. The minimum absolute atomic E-state index is 0.0902. The number of Topliss-reactive ketones (excluding diaryl/α,β-unsaturated/α-hetero) is 1. The molecule has 126 valence electrons. The quantitative estimate of drug-likeness (QED) is 0.674. The summed E-state index contributed by atoms with van der Waals surface area (Å²) < 4.78 is 22.0. The highest BCUT2D eigenvalue weighted by atomic mass is 16.5. The Balaban J connectivity index is 1.73. The van der Waals surface area contributed by atoms with Gasteiger partial charge in [-0.25, -0.2) is 0 Å². The fraction of sp³-hybridized carbons (Fsp3) is 0.150. The van der Waals surface area contributed by atoms with Gasteiger partial charge < -0.3 is 18.6 Å². The normalized spacial score (nSPS) is 15.1. The van der Waals surface area contributed by atoms with E-state index in [0.717, 1.165) is 5.39 Å². The average Bonchev–Trinajstić information content (AvgIpc) is 3.06. The summed E-state index contributed by atoms with van der Waals surface area (Å²) in [5, 5.41) is 0.914. The standard InChI is InChI=1S/C20H16O5/c1-22-14-6-7-17-16(10-14)19(21)13(11-24-17)9-15-8-12-4-3-5-18(23-2)20(12)25-15/h3-10H,11H2,1-2H3/b13-9+. The number of hydrogen-bond donors (Lipinski definition) is 0. The minimum Gasteiger partial charge on any atom is -0.497 e. The molecule has 3 aromatic rings. The summed E-state index contributed by atoms with van der Waals surface area (Å²) in [6, 6.07) is 12.7. The van der Waals surface area contributed by atoms with Crippen molar-refractivity contribution in [2.45, 2.75) is 0 Å². The number of furan rings is 1. The van der Waals surface area contributed by atoms with Gasteiger partial charge in [0.2, 0.25) is 0 Å². The molecular formula is C20H16O5. The van der Waals surface area contributed by atoms with Gasteiger partial charge in [-0.2, -0.15) is 0 Å². The third kappa shape index (κ3) is 2.63. The van der Waals surface area contributed by atoms with E-state index in [0.29, 0.717) is 39.7 Å². The second-order valence-corrected chi connectivity index (χ2v) is 5.68. The van der Waals surface area contributed by atoms with Gasteiger partial charge in [-0.15, -0.1) is 0 Å².